The summed E-state index contributed by atoms with van der Waals surface area (Å²) in [6, 6.07) is 2.12. The number of alkyl halides is 3. The summed E-state index contributed by atoms with van der Waals surface area (Å²) in [7, 11) is 0. The number of halogens is 3. The number of nitrogens with zero attached hydrogens (tertiary/aromatic N) is 3. The number of aromatic nitrogens is 3. The van der Waals surface area contributed by atoms with Gasteiger partial charge in [-0.05, 0) is 38.8 Å². The molecule has 0 aromatic carbocycles. The molecule has 0 aliphatic carbocycles. The van der Waals surface area contributed by atoms with Gasteiger partial charge in [0.05, 0.1) is 23.0 Å². The van der Waals surface area contributed by atoms with E-state index in [1.54, 1.807) is 20.8 Å². The molecule has 0 saturated carbocycles. The Morgan fingerprint density at radius 3 is 2.26 bits per heavy atom. The fraction of sp³-hybridized carbons (Fsp3) is 0.500. The summed E-state index contributed by atoms with van der Waals surface area (Å²) in [6.45, 7) is 9.20. The van der Waals surface area contributed by atoms with E-state index in [0.717, 1.165) is 12.3 Å². The van der Waals surface area contributed by atoms with E-state index in [1.165, 1.54) is 16.9 Å². The zero-order chi connectivity index (χ0) is 23.4. The Labute approximate surface area is 178 Å². The van der Waals surface area contributed by atoms with Gasteiger partial charge in [-0.25, -0.2) is 14.5 Å². The number of rotatable bonds is 6. The van der Waals surface area contributed by atoms with Crippen molar-refractivity contribution in [1.82, 2.24) is 25.4 Å². The molecule has 2 rings (SSSR count). The minimum Gasteiger partial charge on any atom is -0.444 e. The average Bonchev–Trinajstić information content (AvgIpc) is 3.08. The van der Waals surface area contributed by atoms with Gasteiger partial charge in [0, 0.05) is 19.3 Å². The summed E-state index contributed by atoms with van der Waals surface area (Å²) in [6.07, 6.45) is -3.02. The molecule has 2 aromatic heterocycles. The first-order chi connectivity index (χ1) is 14.3. The SMILES string of the molecule is CC(C)c1c(C(=O)NCCNC(=O)OC(C)(C)C)cnn1-c1ccc(C(F)(F)F)cn1. The quantitative estimate of drug-likeness (QED) is 0.667. The zero-order valence-corrected chi connectivity index (χ0v) is 18.0. The first kappa shape index (κ1) is 24.2. The number of nitrogens with one attached hydrogen (secondary N) is 2. The second-order valence-electron chi connectivity index (χ2n) is 8.10. The molecule has 0 radical (unpaired) electrons. The van der Waals surface area contributed by atoms with Crippen molar-refractivity contribution in [1.29, 1.82) is 0 Å². The van der Waals surface area contributed by atoms with Gasteiger partial charge in [0.2, 0.25) is 0 Å². The summed E-state index contributed by atoms with van der Waals surface area (Å²) < 4.78 is 44.8. The molecule has 2 N–H and O–H groups in total. The van der Waals surface area contributed by atoms with Gasteiger partial charge >= 0.3 is 12.3 Å². The van der Waals surface area contributed by atoms with Crippen molar-refractivity contribution in [3.05, 3.63) is 41.3 Å². The van der Waals surface area contributed by atoms with Crippen molar-refractivity contribution >= 4 is 12.0 Å². The van der Waals surface area contributed by atoms with E-state index in [1.807, 2.05) is 13.8 Å². The Morgan fingerprint density at radius 2 is 1.74 bits per heavy atom. The number of amides is 2. The molecule has 0 bridgehead atoms. The lowest BCUT2D eigenvalue weighted by molar-refractivity contribution is -0.137. The van der Waals surface area contributed by atoms with Gasteiger partial charge in [0.25, 0.3) is 5.91 Å². The van der Waals surface area contributed by atoms with E-state index in [0.29, 0.717) is 5.69 Å². The number of pyridine rings is 1. The van der Waals surface area contributed by atoms with Gasteiger partial charge in [-0.15, -0.1) is 0 Å². The Morgan fingerprint density at radius 1 is 1.10 bits per heavy atom. The van der Waals surface area contributed by atoms with Crippen LogP contribution in [-0.4, -0.2) is 45.5 Å². The number of hydrogen-bond donors (Lipinski definition) is 2. The molecule has 0 aliphatic heterocycles. The molecule has 0 spiro atoms. The Bertz CT molecular complexity index is 916. The summed E-state index contributed by atoms with van der Waals surface area (Å²) in [5, 5.41) is 9.35. The van der Waals surface area contributed by atoms with Gasteiger partial charge in [-0.3, -0.25) is 4.79 Å². The van der Waals surface area contributed by atoms with Crippen LogP contribution in [0.15, 0.2) is 24.5 Å². The van der Waals surface area contributed by atoms with Crippen LogP contribution in [0, 0.1) is 0 Å². The molecule has 170 valence electrons. The summed E-state index contributed by atoms with van der Waals surface area (Å²) in [5.74, 6) is -0.414. The van der Waals surface area contributed by atoms with Crippen molar-refractivity contribution < 1.29 is 27.5 Å². The highest BCUT2D eigenvalue weighted by molar-refractivity contribution is 5.95. The summed E-state index contributed by atoms with van der Waals surface area (Å²) in [5.41, 5.74) is -0.718. The van der Waals surface area contributed by atoms with Gasteiger partial charge in [0.15, 0.2) is 5.82 Å². The number of alkyl carbamates (subject to hydrolysis) is 1. The molecule has 8 nitrogen and oxygen atoms in total. The number of ether oxygens (including phenoxy) is 1. The largest absolute Gasteiger partial charge is 0.444 e. The van der Waals surface area contributed by atoms with Crippen LogP contribution in [0.1, 0.15) is 62.2 Å². The van der Waals surface area contributed by atoms with Crippen LogP contribution in [0.2, 0.25) is 0 Å². The molecule has 2 heterocycles. The minimum absolute atomic E-state index is 0.152. The van der Waals surface area contributed by atoms with E-state index in [2.05, 4.69) is 20.7 Å². The van der Waals surface area contributed by atoms with Crippen LogP contribution in [-0.2, 0) is 10.9 Å². The zero-order valence-electron chi connectivity index (χ0n) is 18.0. The van der Waals surface area contributed by atoms with Crippen molar-refractivity contribution in [2.75, 3.05) is 13.1 Å². The van der Waals surface area contributed by atoms with Gasteiger partial charge < -0.3 is 15.4 Å². The lowest BCUT2D eigenvalue weighted by Gasteiger charge is -2.19. The fourth-order valence-corrected chi connectivity index (χ4v) is 2.70. The van der Waals surface area contributed by atoms with E-state index in [9.17, 15) is 22.8 Å². The van der Waals surface area contributed by atoms with Crippen LogP contribution in [0.25, 0.3) is 5.82 Å². The first-order valence-corrected chi connectivity index (χ1v) is 9.66. The molecule has 0 aliphatic rings. The van der Waals surface area contributed by atoms with Crippen molar-refractivity contribution in [3.63, 3.8) is 0 Å². The predicted octanol–water partition coefficient (Wildman–Crippen LogP) is 3.66. The number of carbonyl (C=O) groups excluding carboxylic acids is 2. The van der Waals surface area contributed by atoms with Crippen LogP contribution in [0.5, 0.6) is 0 Å². The van der Waals surface area contributed by atoms with Crippen LogP contribution < -0.4 is 10.6 Å². The second kappa shape index (κ2) is 9.36. The monoisotopic (exact) mass is 441 g/mol. The molecule has 2 aromatic rings. The maximum absolute atomic E-state index is 12.8. The summed E-state index contributed by atoms with van der Waals surface area (Å²) >= 11 is 0. The Hall–Kier alpha value is -3.11. The van der Waals surface area contributed by atoms with Crippen molar-refractivity contribution in [2.45, 2.75) is 52.3 Å². The standard InChI is InChI=1S/C20H26F3N5O3/c1-12(2)16-14(17(29)24-8-9-25-18(30)31-19(3,4)5)11-27-28(16)15-7-6-13(10-26-15)20(21,22)23/h6-7,10-12H,8-9H2,1-5H3,(H,24,29)(H,25,30). The second-order valence-corrected chi connectivity index (χ2v) is 8.10. The smallest absolute Gasteiger partial charge is 0.417 e. The predicted molar refractivity (Wildman–Crippen MR) is 107 cm³/mol. The number of carbonyl (C=O) groups is 2. The van der Waals surface area contributed by atoms with Crippen LogP contribution >= 0.6 is 0 Å². The van der Waals surface area contributed by atoms with Crippen LogP contribution in [0.4, 0.5) is 18.0 Å². The third-order valence-corrected chi connectivity index (χ3v) is 3.97. The fourth-order valence-electron chi connectivity index (χ4n) is 2.70. The molecule has 0 atom stereocenters. The van der Waals surface area contributed by atoms with E-state index >= 15 is 0 Å². The Balaban J connectivity index is 2.08. The lowest BCUT2D eigenvalue weighted by atomic mass is 10.1. The van der Waals surface area contributed by atoms with E-state index < -0.39 is 29.3 Å². The molecule has 0 unspecified atom stereocenters. The summed E-state index contributed by atoms with van der Waals surface area (Å²) in [4.78, 5) is 28.1. The first-order valence-electron chi connectivity index (χ1n) is 9.66. The molecule has 11 heteroatoms. The molecule has 2 amide bonds. The molecule has 0 saturated heterocycles. The highest BCUT2D eigenvalue weighted by atomic mass is 19.4. The topological polar surface area (TPSA) is 98.1 Å². The van der Waals surface area contributed by atoms with Crippen molar-refractivity contribution in [3.8, 4) is 5.82 Å². The van der Waals surface area contributed by atoms with Crippen molar-refractivity contribution in [2.24, 2.45) is 0 Å². The maximum atomic E-state index is 12.8. The lowest BCUT2D eigenvalue weighted by Crippen LogP contribution is -2.38. The molecule has 31 heavy (non-hydrogen) atoms. The molecule has 0 fully saturated rings. The van der Waals surface area contributed by atoms with Gasteiger partial charge in [-0.1, -0.05) is 13.8 Å². The van der Waals surface area contributed by atoms with Gasteiger partial charge in [0.1, 0.15) is 5.60 Å². The van der Waals surface area contributed by atoms with Gasteiger partial charge in [-0.2, -0.15) is 18.3 Å². The third-order valence-electron chi connectivity index (χ3n) is 3.97. The number of hydrogen-bond acceptors (Lipinski definition) is 5. The highest BCUT2D eigenvalue weighted by Gasteiger charge is 2.31. The molecular weight excluding hydrogens is 415 g/mol. The maximum Gasteiger partial charge on any atom is 0.417 e. The highest BCUT2D eigenvalue weighted by Crippen LogP contribution is 2.29. The van der Waals surface area contributed by atoms with Crippen LogP contribution in [0.3, 0.4) is 0 Å². The van der Waals surface area contributed by atoms with E-state index in [4.69, 9.17) is 4.74 Å². The van der Waals surface area contributed by atoms with E-state index in [-0.39, 0.29) is 30.4 Å². The third kappa shape index (κ3) is 6.69. The Kier molecular flexibility index (Phi) is 7.29. The molecular formula is C20H26F3N5O3. The minimum atomic E-state index is -4.49. The average molecular weight is 441 g/mol. The normalized spacial score (nSPS) is 12.0.